The molecule has 0 aliphatic carbocycles. The van der Waals surface area contributed by atoms with Gasteiger partial charge in [-0.15, -0.1) is 0 Å². The Kier molecular flexibility index (Phi) is 7.26. The van der Waals surface area contributed by atoms with Gasteiger partial charge in [0, 0.05) is 26.2 Å². The van der Waals surface area contributed by atoms with Crippen LogP contribution < -0.4 is 5.32 Å². The summed E-state index contributed by atoms with van der Waals surface area (Å²) in [4.78, 5) is 24.7. The highest BCUT2D eigenvalue weighted by molar-refractivity contribution is 5.92. The van der Waals surface area contributed by atoms with Crippen LogP contribution in [0.3, 0.4) is 0 Å². The number of carbonyl (C=O) groups is 1. The lowest BCUT2D eigenvalue weighted by molar-refractivity contribution is -0.137. The van der Waals surface area contributed by atoms with Crippen LogP contribution in [0.2, 0.25) is 0 Å². The van der Waals surface area contributed by atoms with Crippen LogP contribution in [0.1, 0.15) is 46.5 Å². The minimum Gasteiger partial charge on any atom is -0.383 e. The van der Waals surface area contributed by atoms with Crippen molar-refractivity contribution in [3.8, 4) is 0 Å². The maximum atomic E-state index is 13.3. The fourth-order valence-corrected chi connectivity index (χ4v) is 3.97. The number of halogens is 5. The first-order chi connectivity index (χ1) is 16.7. The summed E-state index contributed by atoms with van der Waals surface area (Å²) in [5.41, 5.74) is -1.03. The zero-order chi connectivity index (χ0) is 25.2. The van der Waals surface area contributed by atoms with Gasteiger partial charge >= 0.3 is 6.18 Å². The first kappa shape index (κ1) is 24.9. The maximum Gasteiger partial charge on any atom is 0.416 e. The fourth-order valence-electron chi connectivity index (χ4n) is 3.97. The standard InChI is InChI=1S/C22H22F5N5O3/c1-34-7-5-32-17-3-2-13(22(25,26)27)8-14(17)30-20(32)18(12-4-6-35-11-12)31-21(33)16-10-28-15(9-29-16)19(23)24/h2-3,8-10,12,18-19H,4-7,11H2,1H3,(H,31,33). The van der Waals surface area contributed by atoms with Crippen LogP contribution in [-0.2, 0) is 22.2 Å². The number of amides is 1. The summed E-state index contributed by atoms with van der Waals surface area (Å²) in [5.74, 6) is -0.582. The van der Waals surface area contributed by atoms with Crippen molar-refractivity contribution in [3.63, 3.8) is 0 Å². The number of imidazole rings is 1. The molecule has 13 heteroatoms. The van der Waals surface area contributed by atoms with Gasteiger partial charge in [0.1, 0.15) is 17.2 Å². The molecule has 1 saturated heterocycles. The van der Waals surface area contributed by atoms with Gasteiger partial charge in [-0.3, -0.25) is 9.78 Å². The first-order valence-corrected chi connectivity index (χ1v) is 10.7. The van der Waals surface area contributed by atoms with Crippen LogP contribution in [0.15, 0.2) is 30.6 Å². The van der Waals surface area contributed by atoms with Crippen molar-refractivity contribution in [3.05, 3.63) is 53.4 Å². The lowest BCUT2D eigenvalue weighted by Crippen LogP contribution is -2.36. The monoisotopic (exact) mass is 499 g/mol. The number of hydrogen-bond acceptors (Lipinski definition) is 6. The average molecular weight is 499 g/mol. The van der Waals surface area contributed by atoms with Crippen LogP contribution in [-0.4, -0.2) is 52.4 Å². The number of methoxy groups -OCH3 is 1. The molecule has 1 aromatic carbocycles. The molecule has 35 heavy (non-hydrogen) atoms. The average Bonchev–Trinajstić information content (AvgIpc) is 3.48. The number of carbonyl (C=O) groups excluding carboxylic acids is 1. The van der Waals surface area contributed by atoms with Gasteiger partial charge in [0.25, 0.3) is 12.3 Å². The molecule has 0 saturated carbocycles. The van der Waals surface area contributed by atoms with E-state index in [-0.39, 0.29) is 30.3 Å². The van der Waals surface area contributed by atoms with Crippen LogP contribution in [0.25, 0.3) is 11.0 Å². The molecule has 2 aromatic heterocycles. The molecule has 0 radical (unpaired) electrons. The Morgan fingerprint density at radius 3 is 2.69 bits per heavy atom. The zero-order valence-corrected chi connectivity index (χ0v) is 18.6. The fraction of sp³-hybridized carbons (Fsp3) is 0.455. The first-order valence-electron chi connectivity index (χ1n) is 10.7. The molecule has 2 atom stereocenters. The quantitative estimate of drug-likeness (QED) is 0.473. The molecule has 0 bridgehead atoms. The SMILES string of the molecule is COCCn1c(C(NC(=O)c2cnc(C(F)F)cn2)C2CCOC2)nc2cc(C(F)(F)F)ccc21. The van der Waals surface area contributed by atoms with E-state index in [0.717, 1.165) is 24.5 Å². The van der Waals surface area contributed by atoms with Crippen molar-refractivity contribution in [1.82, 2.24) is 24.8 Å². The second kappa shape index (κ2) is 10.2. The molecule has 8 nitrogen and oxygen atoms in total. The molecule has 3 aromatic rings. The Morgan fingerprint density at radius 1 is 1.29 bits per heavy atom. The van der Waals surface area contributed by atoms with Crippen molar-refractivity contribution >= 4 is 16.9 Å². The molecule has 3 heterocycles. The highest BCUT2D eigenvalue weighted by Gasteiger charge is 2.35. The van der Waals surface area contributed by atoms with Gasteiger partial charge in [-0.2, -0.15) is 13.2 Å². The Morgan fingerprint density at radius 2 is 2.09 bits per heavy atom. The number of benzene rings is 1. The van der Waals surface area contributed by atoms with E-state index in [4.69, 9.17) is 9.47 Å². The summed E-state index contributed by atoms with van der Waals surface area (Å²) in [6, 6.07) is 2.52. The number of alkyl halides is 5. The normalized spacial score (nSPS) is 17.3. The van der Waals surface area contributed by atoms with Crippen molar-refractivity contribution in [1.29, 1.82) is 0 Å². The molecular weight excluding hydrogens is 477 g/mol. The molecule has 1 amide bonds. The molecule has 1 aliphatic heterocycles. The number of fused-ring (bicyclic) bond motifs is 1. The molecule has 1 aliphatic rings. The second-order valence-electron chi connectivity index (χ2n) is 8.02. The van der Waals surface area contributed by atoms with Crippen LogP contribution in [0.4, 0.5) is 22.0 Å². The van der Waals surface area contributed by atoms with Gasteiger partial charge in [-0.1, -0.05) is 0 Å². The third kappa shape index (κ3) is 5.40. The second-order valence-corrected chi connectivity index (χ2v) is 8.02. The van der Waals surface area contributed by atoms with Crippen molar-refractivity contribution in [2.75, 3.05) is 26.9 Å². The third-order valence-electron chi connectivity index (χ3n) is 5.75. The molecule has 1 fully saturated rings. The number of hydrogen-bond donors (Lipinski definition) is 1. The van der Waals surface area contributed by atoms with Gasteiger partial charge in [-0.05, 0) is 24.6 Å². The summed E-state index contributed by atoms with van der Waals surface area (Å²) in [6.45, 7) is 1.26. The van der Waals surface area contributed by atoms with Gasteiger partial charge in [-0.25, -0.2) is 18.7 Å². The number of rotatable bonds is 8. The number of ether oxygens (including phenoxy) is 2. The molecular formula is C22H22F5N5O3. The topological polar surface area (TPSA) is 91.2 Å². The zero-order valence-electron chi connectivity index (χ0n) is 18.6. The molecule has 4 rings (SSSR count). The van der Waals surface area contributed by atoms with Crippen molar-refractivity contribution in [2.45, 2.75) is 31.6 Å². The van der Waals surface area contributed by atoms with E-state index in [1.54, 1.807) is 4.57 Å². The third-order valence-corrected chi connectivity index (χ3v) is 5.75. The lowest BCUT2D eigenvalue weighted by atomic mass is 9.98. The summed E-state index contributed by atoms with van der Waals surface area (Å²) in [7, 11) is 1.49. The smallest absolute Gasteiger partial charge is 0.383 e. The predicted molar refractivity (Wildman–Crippen MR) is 113 cm³/mol. The van der Waals surface area contributed by atoms with Gasteiger partial charge in [0.05, 0.1) is 48.2 Å². The summed E-state index contributed by atoms with van der Waals surface area (Å²) < 4.78 is 77.7. The van der Waals surface area contributed by atoms with E-state index >= 15 is 0 Å². The number of aromatic nitrogens is 4. The van der Waals surface area contributed by atoms with E-state index in [9.17, 15) is 26.7 Å². The van der Waals surface area contributed by atoms with Crippen LogP contribution in [0, 0.1) is 5.92 Å². The maximum absolute atomic E-state index is 13.3. The van der Waals surface area contributed by atoms with Crippen LogP contribution in [0.5, 0.6) is 0 Å². The van der Waals surface area contributed by atoms with Crippen LogP contribution >= 0.6 is 0 Å². The van der Waals surface area contributed by atoms with E-state index in [2.05, 4.69) is 20.3 Å². The highest BCUT2D eigenvalue weighted by Crippen LogP contribution is 2.34. The van der Waals surface area contributed by atoms with Gasteiger partial charge in [0.2, 0.25) is 0 Å². The number of nitrogens with one attached hydrogen (secondary N) is 1. The number of nitrogens with zero attached hydrogens (tertiary/aromatic N) is 4. The van der Waals surface area contributed by atoms with E-state index in [0.29, 0.717) is 31.0 Å². The van der Waals surface area contributed by atoms with Crippen molar-refractivity contribution in [2.24, 2.45) is 5.92 Å². The highest BCUT2D eigenvalue weighted by atomic mass is 19.4. The summed E-state index contributed by atoms with van der Waals surface area (Å²) in [5, 5.41) is 2.81. The predicted octanol–water partition coefficient (Wildman–Crippen LogP) is 3.94. The molecule has 1 N–H and O–H groups in total. The lowest BCUT2D eigenvalue weighted by Gasteiger charge is -2.24. The van der Waals surface area contributed by atoms with Crippen molar-refractivity contribution < 1.29 is 36.2 Å². The van der Waals surface area contributed by atoms with Gasteiger partial charge in [0.15, 0.2) is 0 Å². The van der Waals surface area contributed by atoms with E-state index in [1.807, 2.05) is 0 Å². The molecule has 2 unspecified atom stereocenters. The molecule has 0 spiro atoms. The Bertz CT molecular complexity index is 1180. The summed E-state index contributed by atoms with van der Waals surface area (Å²) in [6.07, 6.45) is -5.03. The van der Waals surface area contributed by atoms with Gasteiger partial charge < -0.3 is 19.4 Å². The largest absolute Gasteiger partial charge is 0.416 e. The van der Waals surface area contributed by atoms with E-state index < -0.39 is 35.8 Å². The Balaban J connectivity index is 1.74. The van der Waals surface area contributed by atoms with E-state index in [1.165, 1.54) is 13.2 Å². The molecule has 188 valence electrons. The Labute approximate surface area is 196 Å². The summed E-state index contributed by atoms with van der Waals surface area (Å²) >= 11 is 0. The Hall–Kier alpha value is -3.19. The minimum atomic E-state index is -4.54. The minimum absolute atomic E-state index is 0.116.